The topological polar surface area (TPSA) is 66.8 Å². The monoisotopic (exact) mass is 211 g/mol. The second-order valence-corrected chi connectivity index (χ2v) is 3.75. The van der Waals surface area contributed by atoms with Gasteiger partial charge in [0.15, 0.2) is 6.04 Å². The Labute approximate surface area is 87.3 Å². The molecule has 0 unspecified atom stereocenters. The van der Waals surface area contributed by atoms with Gasteiger partial charge in [-0.3, -0.25) is 4.90 Å². The maximum absolute atomic E-state index is 11.5. The molecule has 2 aliphatic heterocycles. The van der Waals surface area contributed by atoms with Crippen molar-refractivity contribution in [3.05, 3.63) is 12.2 Å². The zero-order valence-corrected chi connectivity index (χ0v) is 8.42. The van der Waals surface area contributed by atoms with Gasteiger partial charge in [-0.1, -0.05) is 19.1 Å². The summed E-state index contributed by atoms with van der Waals surface area (Å²) in [7, 11) is 0. The third-order valence-electron chi connectivity index (χ3n) is 2.90. The van der Waals surface area contributed by atoms with Crippen molar-refractivity contribution in [1.82, 2.24) is 4.90 Å². The third-order valence-corrected chi connectivity index (χ3v) is 2.90. The number of carboxylic acid groups (broad SMARTS) is 1. The van der Waals surface area contributed by atoms with E-state index in [0.29, 0.717) is 12.8 Å². The average Bonchev–Trinajstić information content (AvgIpc) is 2.55. The van der Waals surface area contributed by atoms with E-state index in [1.807, 2.05) is 13.0 Å². The van der Waals surface area contributed by atoms with Gasteiger partial charge in [0.25, 0.3) is 0 Å². The highest BCUT2D eigenvalue weighted by atomic mass is 16.6. The first kappa shape index (κ1) is 10.0. The van der Waals surface area contributed by atoms with E-state index in [9.17, 15) is 9.59 Å². The molecule has 1 amide bonds. The Balaban J connectivity index is 2.27. The molecule has 0 saturated carbocycles. The number of nitrogens with zero attached hydrogens (tertiary/aromatic N) is 1. The highest BCUT2D eigenvalue weighted by Gasteiger charge is 2.46. The van der Waals surface area contributed by atoms with Crippen LogP contribution in [0.25, 0.3) is 0 Å². The Morgan fingerprint density at radius 3 is 3.07 bits per heavy atom. The van der Waals surface area contributed by atoms with Crippen LogP contribution in [0.3, 0.4) is 0 Å². The molecule has 1 N–H and O–H groups in total. The van der Waals surface area contributed by atoms with Gasteiger partial charge in [-0.05, 0) is 12.8 Å². The van der Waals surface area contributed by atoms with Crippen LogP contribution in [0.1, 0.15) is 19.8 Å². The molecule has 0 spiro atoms. The normalized spacial score (nSPS) is 33.8. The Bertz CT molecular complexity index is 325. The third kappa shape index (κ3) is 1.48. The van der Waals surface area contributed by atoms with Gasteiger partial charge >= 0.3 is 12.1 Å². The molecule has 2 aliphatic rings. The molecule has 0 aromatic heterocycles. The Morgan fingerprint density at radius 2 is 2.47 bits per heavy atom. The van der Waals surface area contributed by atoms with Gasteiger partial charge in [-0.2, -0.15) is 0 Å². The molecule has 0 radical (unpaired) electrons. The Kier molecular flexibility index (Phi) is 2.38. The zero-order valence-electron chi connectivity index (χ0n) is 8.42. The second-order valence-electron chi connectivity index (χ2n) is 3.75. The van der Waals surface area contributed by atoms with E-state index in [0.717, 1.165) is 0 Å². The summed E-state index contributed by atoms with van der Waals surface area (Å²) in [5.74, 6) is -1.01. The smallest absolute Gasteiger partial charge is 0.411 e. The van der Waals surface area contributed by atoms with Gasteiger partial charge in [0.1, 0.15) is 6.10 Å². The number of amides is 1. The standard InChI is InChI=1S/C10H13NO4/c1-2-8-6-4-3-5-7(9(12)13)11(6)10(14)15-8/h3,5-8H,2,4H2,1H3,(H,12,13)/t6-,7-,8-/m0/s1. The molecule has 5 nitrogen and oxygen atoms in total. The molecule has 0 aromatic carbocycles. The molecule has 15 heavy (non-hydrogen) atoms. The van der Waals surface area contributed by atoms with Crippen molar-refractivity contribution in [2.24, 2.45) is 0 Å². The SMILES string of the molecule is CC[C@@H]1OC(=O)N2[C@H](C(=O)O)C=CC[C@@H]12. The number of rotatable bonds is 2. The number of carbonyl (C=O) groups is 2. The molecule has 1 fully saturated rings. The number of carbonyl (C=O) groups excluding carboxylic acids is 1. The fraction of sp³-hybridized carbons (Fsp3) is 0.600. The summed E-state index contributed by atoms with van der Waals surface area (Å²) in [5, 5.41) is 8.96. The van der Waals surface area contributed by atoms with Crippen LogP contribution < -0.4 is 0 Å². The molecule has 2 heterocycles. The highest BCUT2D eigenvalue weighted by Crippen LogP contribution is 2.30. The van der Waals surface area contributed by atoms with Crippen molar-refractivity contribution in [3.63, 3.8) is 0 Å². The molecule has 3 atom stereocenters. The molecule has 1 saturated heterocycles. The summed E-state index contributed by atoms with van der Waals surface area (Å²) in [6, 6.07) is -0.985. The predicted octanol–water partition coefficient (Wildman–Crippen LogP) is 0.999. The molecule has 0 aromatic rings. The maximum atomic E-state index is 11.5. The van der Waals surface area contributed by atoms with Gasteiger partial charge in [0.05, 0.1) is 6.04 Å². The first-order chi connectivity index (χ1) is 7.15. The molecule has 0 bridgehead atoms. The fourth-order valence-corrected chi connectivity index (χ4v) is 2.16. The minimum Gasteiger partial charge on any atom is -0.479 e. The predicted molar refractivity (Wildman–Crippen MR) is 51.4 cm³/mol. The quantitative estimate of drug-likeness (QED) is 0.692. The van der Waals surface area contributed by atoms with Gasteiger partial charge in [0, 0.05) is 0 Å². The minimum atomic E-state index is -1.01. The first-order valence-electron chi connectivity index (χ1n) is 5.03. The number of carboxylic acids is 1. The lowest BCUT2D eigenvalue weighted by Gasteiger charge is -2.30. The van der Waals surface area contributed by atoms with E-state index >= 15 is 0 Å². The van der Waals surface area contributed by atoms with Crippen molar-refractivity contribution < 1.29 is 19.4 Å². The van der Waals surface area contributed by atoms with E-state index < -0.39 is 18.1 Å². The summed E-state index contributed by atoms with van der Waals surface area (Å²) in [5.41, 5.74) is 0. The summed E-state index contributed by atoms with van der Waals surface area (Å²) in [4.78, 5) is 23.8. The maximum Gasteiger partial charge on any atom is 0.411 e. The molecule has 5 heteroatoms. The van der Waals surface area contributed by atoms with E-state index in [4.69, 9.17) is 9.84 Å². The average molecular weight is 211 g/mol. The van der Waals surface area contributed by atoms with Gasteiger partial charge < -0.3 is 9.84 Å². The van der Waals surface area contributed by atoms with Gasteiger partial charge in [-0.15, -0.1) is 0 Å². The zero-order chi connectivity index (χ0) is 11.0. The van der Waals surface area contributed by atoms with E-state index in [1.54, 1.807) is 0 Å². The Hall–Kier alpha value is -1.52. The number of fused-ring (bicyclic) bond motifs is 1. The number of cyclic esters (lactones) is 1. The van der Waals surface area contributed by atoms with E-state index in [2.05, 4.69) is 0 Å². The van der Waals surface area contributed by atoms with Crippen molar-refractivity contribution in [2.45, 2.75) is 38.0 Å². The number of hydrogen-bond acceptors (Lipinski definition) is 3. The summed E-state index contributed by atoms with van der Waals surface area (Å²) < 4.78 is 5.12. The highest BCUT2D eigenvalue weighted by molar-refractivity contribution is 5.83. The van der Waals surface area contributed by atoms with Crippen molar-refractivity contribution in [3.8, 4) is 0 Å². The van der Waals surface area contributed by atoms with Crippen LogP contribution in [0.15, 0.2) is 12.2 Å². The van der Waals surface area contributed by atoms with Crippen LogP contribution in [-0.2, 0) is 9.53 Å². The Morgan fingerprint density at radius 1 is 1.73 bits per heavy atom. The van der Waals surface area contributed by atoms with Crippen LogP contribution in [0.5, 0.6) is 0 Å². The molecule has 2 rings (SSSR count). The fourth-order valence-electron chi connectivity index (χ4n) is 2.16. The minimum absolute atomic E-state index is 0.117. The summed E-state index contributed by atoms with van der Waals surface area (Å²) >= 11 is 0. The van der Waals surface area contributed by atoms with Gasteiger partial charge in [0.2, 0.25) is 0 Å². The lowest BCUT2D eigenvalue weighted by atomic mass is 9.98. The van der Waals surface area contributed by atoms with Gasteiger partial charge in [-0.25, -0.2) is 9.59 Å². The van der Waals surface area contributed by atoms with Crippen LogP contribution in [0, 0.1) is 0 Å². The largest absolute Gasteiger partial charge is 0.479 e. The number of aliphatic carboxylic acids is 1. The van der Waals surface area contributed by atoms with Crippen LogP contribution in [-0.4, -0.2) is 40.3 Å². The number of ether oxygens (including phenoxy) is 1. The van der Waals surface area contributed by atoms with E-state index in [-0.39, 0.29) is 12.1 Å². The van der Waals surface area contributed by atoms with Crippen LogP contribution in [0.4, 0.5) is 4.79 Å². The molecular formula is C10H13NO4. The second kappa shape index (κ2) is 3.56. The molecule has 82 valence electrons. The van der Waals surface area contributed by atoms with Crippen LogP contribution >= 0.6 is 0 Å². The summed E-state index contributed by atoms with van der Waals surface area (Å²) in [6.07, 6.45) is 4.05. The molecular weight excluding hydrogens is 198 g/mol. The lowest BCUT2D eigenvalue weighted by Crippen LogP contribution is -2.48. The lowest BCUT2D eigenvalue weighted by molar-refractivity contribution is -0.141. The van der Waals surface area contributed by atoms with Crippen LogP contribution in [0.2, 0.25) is 0 Å². The number of hydrogen-bond donors (Lipinski definition) is 1. The van der Waals surface area contributed by atoms with Crippen molar-refractivity contribution >= 4 is 12.1 Å². The van der Waals surface area contributed by atoms with E-state index in [1.165, 1.54) is 11.0 Å². The van der Waals surface area contributed by atoms with Crippen molar-refractivity contribution in [2.75, 3.05) is 0 Å². The molecule has 0 aliphatic carbocycles. The van der Waals surface area contributed by atoms with Crippen molar-refractivity contribution in [1.29, 1.82) is 0 Å². The summed E-state index contributed by atoms with van der Waals surface area (Å²) in [6.45, 7) is 1.93. The first-order valence-corrected chi connectivity index (χ1v) is 5.03.